The van der Waals surface area contributed by atoms with Crippen molar-refractivity contribution in [3.63, 3.8) is 0 Å². The number of hydrogen-bond acceptors (Lipinski definition) is 4. The minimum atomic E-state index is -3.38. The van der Waals surface area contributed by atoms with Crippen molar-refractivity contribution in [1.82, 2.24) is 4.90 Å². The minimum absolute atomic E-state index is 0.289. The molecule has 0 aliphatic carbocycles. The molecular weight excluding hydrogens is 394 g/mol. The summed E-state index contributed by atoms with van der Waals surface area (Å²) in [5.74, 6) is 0.718. The van der Waals surface area contributed by atoms with Gasteiger partial charge >= 0.3 is 0 Å². The van der Waals surface area contributed by atoms with Gasteiger partial charge in [-0.05, 0) is 29.3 Å². The Kier molecular flexibility index (Phi) is 4.29. The summed E-state index contributed by atoms with van der Waals surface area (Å²) in [5.41, 5.74) is 5.69. The fourth-order valence-electron chi connectivity index (χ4n) is 4.02. The SMILES string of the molecule is CN1C=C(c2cc(S(C)(=O)=O)cc3cc(-c4ccccc4)oc23)c2ccccc2C1. The van der Waals surface area contributed by atoms with Gasteiger partial charge in [0.25, 0.3) is 0 Å². The highest BCUT2D eigenvalue weighted by atomic mass is 32.2. The summed E-state index contributed by atoms with van der Waals surface area (Å²) in [5, 5.41) is 0.776. The van der Waals surface area contributed by atoms with Gasteiger partial charge in [-0.2, -0.15) is 0 Å². The largest absolute Gasteiger partial charge is 0.455 e. The summed E-state index contributed by atoms with van der Waals surface area (Å²) in [4.78, 5) is 2.40. The monoisotopic (exact) mass is 415 g/mol. The molecule has 0 amide bonds. The molecule has 0 spiro atoms. The highest BCUT2D eigenvalue weighted by Gasteiger charge is 2.23. The zero-order valence-electron chi connectivity index (χ0n) is 16.8. The summed E-state index contributed by atoms with van der Waals surface area (Å²) in [6.45, 7) is 0.808. The van der Waals surface area contributed by atoms with Crippen LogP contribution in [0.2, 0.25) is 0 Å². The summed E-state index contributed by atoms with van der Waals surface area (Å²) in [7, 11) is -1.37. The molecule has 4 aromatic rings. The smallest absolute Gasteiger partial charge is 0.175 e. The van der Waals surface area contributed by atoms with E-state index in [2.05, 4.69) is 23.2 Å². The van der Waals surface area contributed by atoms with Gasteiger partial charge in [-0.25, -0.2) is 8.42 Å². The van der Waals surface area contributed by atoms with Crippen LogP contribution in [0, 0.1) is 0 Å². The van der Waals surface area contributed by atoms with Crippen molar-refractivity contribution in [2.24, 2.45) is 0 Å². The molecule has 3 aromatic carbocycles. The third-order valence-corrected chi connectivity index (χ3v) is 6.54. The maximum atomic E-state index is 12.4. The molecular formula is C25H21NO3S. The number of sulfone groups is 1. The number of hydrogen-bond donors (Lipinski definition) is 0. The lowest BCUT2D eigenvalue weighted by atomic mass is 9.91. The zero-order chi connectivity index (χ0) is 20.9. The van der Waals surface area contributed by atoms with Crippen LogP contribution < -0.4 is 0 Å². The Balaban J connectivity index is 1.81. The molecule has 30 heavy (non-hydrogen) atoms. The second kappa shape index (κ2) is 6.89. The van der Waals surface area contributed by atoms with Crippen LogP contribution in [0.15, 0.2) is 88.3 Å². The average Bonchev–Trinajstić information content (AvgIpc) is 3.17. The molecule has 1 aromatic heterocycles. The van der Waals surface area contributed by atoms with Gasteiger partial charge in [-0.15, -0.1) is 0 Å². The number of rotatable bonds is 3. The lowest BCUT2D eigenvalue weighted by Gasteiger charge is -2.26. The summed E-state index contributed by atoms with van der Waals surface area (Å²) in [6, 6.07) is 23.4. The first kappa shape index (κ1) is 18.7. The molecule has 0 N–H and O–H groups in total. The third-order valence-electron chi connectivity index (χ3n) is 5.44. The van der Waals surface area contributed by atoms with E-state index in [4.69, 9.17) is 4.42 Å². The Labute approximate surface area is 176 Å². The molecule has 0 unspecified atom stereocenters. The summed E-state index contributed by atoms with van der Waals surface area (Å²) in [6.07, 6.45) is 3.30. The molecule has 0 atom stereocenters. The Hall–Kier alpha value is -3.31. The molecule has 2 heterocycles. The highest BCUT2D eigenvalue weighted by molar-refractivity contribution is 7.90. The first-order valence-electron chi connectivity index (χ1n) is 9.74. The Morgan fingerprint density at radius 2 is 1.63 bits per heavy atom. The highest BCUT2D eigenvalue weighted by Crippen LogP contribution is 2.39. The molecule has 4 nitrogen and oxygen atoms in total. The molecule has 0 saturated carbocycles. The van der Waals surface area contributed by atoms with Gasteiger partial charge in [0, 0.05) is 48.1 Å². The number of furan rings is 1. The summed E-state index contributed by atoms with van der Waals surface area (Å²) >= 11 is 0. The van der Waals surface area contributed by atoms with Crippen molar-refractivity contribution in [3.8, 4) is 11.3 Å². The predicted molar refractivity (Wildman–Crippen MR) is 120 cm³/mol. The molecule has 5 rings (SSSR count). The first-order chi connectivity index (χ1) is 14.4. The van der Waals surface area contributed by atoms with E-state index in [0.29, 0.717) is 5.58 Å². The van der Waals surface area contributed by atoms with E-state index in [1.165, 1.54) is 11.8 Å². The molecule has 150 valence electrons. The standard InChI is InChI=1S/C25H21NO3S/c1-26-15-18-10-6-7-11-21(18)23(16-26)22-14-20(30(2,27)28)12-19-13-24(29-25(19)22)17-8-4-3-5-9-17/h3-14,16H,15H2,1-2H3. The lowest BCUT2D eigenvalue weighted by molar-refractivity contribution is 0.446. The van der Waals surface area contributed by atoms with E-state index in [1.54, 1.807) is 12.1 Å². The number of nitrogens with zero attached hydrogens (tertiary/aromatic N) is 1. The maximum absolute atomic E-state index is 12.4. The van der Waals surface area contributed by atoms with E-state index in [1.807, 2.05) is 55.6 Å². The first-order valence-corrected chi connectivity index (χ1v) is 11.6. The topological polar surface area (TPSA) is 50.5 Å². The van der Waals surface area contributed by atoms with E-state index >= 15 is 0 Å². The van der Waals surface area contributed by atoms with Crippen LogP contribution >= 0.6 is 0 Å². The third kappa shape index (κ3) is 3.21. The predicted octanol–water partition coefficient (Wildman–Crippen LogP) is 5.34. The minimum Gasteiger partial charge on any atom is -0.455 e. The van der Waals surface area contributed by atoms with Crippen LogP contribution in [0.25, 0.3) is 27.9 Å². The Bertz CT molecular complexity index is 1400. The Morgan fingerprint density at radius 1 is 0.900 bits per heavy atom. The van der Waals surface area contributed by atoms with Crippen molar-refractivity contribution in [1.29, 1.82) is 0 Å². The van der Waals surface area contributed by atoms with E-state index in [-0.39, 0.29) is 4.90 Å². The molecule has 1 aliphatic heterocycles. The fraction of sp³-hybridized carbons (Fsp3) is 0.120. The lowest BCUT2D eigenvalue weighted by Crippen LogP contribution is -2.17. The van der Waals surface area contributed by atoms with Crippen LogP contribution in [0.4, 0.5) is 0 Å². The molecule has 5 heteroatoms. The van der Waals surface area contributed by atoms with Gasteiger partial charge < -0.3 is 9.32 Å². The van der Waals surface area contributed by atoms with Crippen LogP contribution in [0.1, 0.15) is 16.7 Å². The summed E-state index contributed by atoms with van der Waals surface area (Å²) < 4.78 is 31.2. The second-order valence-corrected chi connectivity index (χ2v) is 9.77. The Morgan fingerprint density at radius 3 is 2.40 bits per heavy atom. The molecule has 0 saturated heterocycles. The van der Waals surface area contributed by atoms with Crippen LogP contribution in [-0.4, -0.2) is 26.6 Å². The second-order valence-electron chi connectivity index (χ2n) is 7.75. The number of benzene rings is 3. The van der Waals surface area contributed by atoms with Crippen molar-refractivity contribution >= 4 is 26.4 Å². The van der Waals surface area contributed by atoms with Crippen molar-refractivity contribution < 1.29 is 12.8 Å². The van der Waals surface area contributed by atoms with Crippen LogP contribution in [0.3, 0.4) is 0 Å². The van der Waals surface area contributed by atoms with E-state index < -0.39 is 9.84 Å². The fourth-order valence-corrected chi connectivity index (χ4v) is 4.70. The number of fused-ring (bicyclic) bond motifs is 2. The van der Waals surface area contributed by atoms with E-state index in [0.717, 1.165) is 40.0 Å². The van der Waals surface area contributed by atoms with Gasteiger partial charge in [-0.1, -0.05) is 54.6 Å². The van der Waals surface area contributed by atoms with Crippen molar-refractivity contribution in [2.45, 2.75) is 11.4 Å². The van der Waals surface area contributed by atoms with Crippen LogP contribution in [0.5, 0.6) is 0 Å². The zero-order valence-corrected chi connectivity index (χ0v) is 17.6. The average molecular weight is 416 g/mol. The molecule has 0 radical (unpaired) electrons. The van der Waals surface area contributed by atoms with Gasteiger partial charge in [0.05, 0.1) is 4.90 Å². The van der Waals surface area contributed by atoms with E-state index in [9.17, 15) is 8.42 Å². The van der Waals surface area contributed by atoms with Crippen molar-refractivity contribution in [3.05, 3.63) is 95.7 Å². The van der Waals surface area contributed by atoms with Gasteiger partial charge in [0.1, 0.15) is 11.3 Å². The quantitative estimate of drug-likeness (QED) is 0.453. The normalized spacial score (nSPS) is 13.9. The van der Waals surface area contributed by atoms with Crippen molar-refractivity contribution in [2.75, 3.05) is 13.3 Å². The molecule has 0 fully saturated rings. The molecule has 0 bridgehead atoms. The maximum Gasteiger partial charge on any atom is 0.175 e. The van der Waals surface area contributed by atoms with Gasteiger partial charge in [-0.3, -0.25) is 0 Å². The molecule has 1 aliphatic rings. The van der Waals surface area contributed by atoms with Crippen LogP contribution in [-0.2, 0) is 16.4 Å². The van der Waals surface area contributed by atoms with Gasteiger partial charge in [0.2, 0.25) is 0 Å². The van der Waals surface area contributed by atoms with Gasteiger partial charge in [0.15, 0.2) is 9.84 Å².